The molecule has 2 heterocycles. The van der Waals surface area contributed by atoms with Gasteiger partial charge in [-0.2, -0.15) is 0 Å². The number of benzene rings is 1. The number of piperazine rings is 1. The average molecular weight is 561 g/mol. The zero-order valence-electron chi connectivity index (χ0n) is 20.0. The van der Waals surface area contributed by atoms with E-state index >= 15 is 0 Å². The highest BCUT2D eigenvalue weighted by atomic mass is 127. The average Bonchev–Trinajstić information content (AvgIpc) is 2.77. The lowest BCUT2D eigenvalue weighted by molar-refractivity contribution is 0.187. The number of nitrogens with one attached hydrogen (secondary N) is 2. The van der Waals surface area contributed by atoms with Gasteiger partial charge in [0.2, 0.25) is 0 Å². The third kappa shape index (κ3) is 8.67. The van der Waals surface area contributed by atoms with Crippen molar-refractivity contribution < 1.29 is 4.39 Å². The lowest BCUT2D eigenvalue weighted by atomic mass is 10.0. The minimum Gasteiger partial charge on any atom is -0.367 e. The van der Waals surface area contributed by atoms with Crippen molar-refractivity contribution in [2.45, 2.75) is 39.2 Å². The summed E-state index contributed by atoms with van der Waals surface area (Å²) in [6, 6.07) is 7.60. The fraction of sp³-hybridized carbons (Fsp3) is 0.708. The topological polar surface area (TPSA) is 46.1 Å². The number of likely N-dealkylation sites (tertiary alicyclic amines) is 1. The summed E-state index contributed by atoms with van der Waals surface area (Å²) < 4.78 is 14.0. The highest BCUT2D eigenvalue weighted by Crippen LogP contribution is 2.20. The zero-order chi connectivity index (χ0) is 22.1. The summed E-state index contributed by atoms with van der Waals surface area (Å²) in [6.07, 6.45) is 3.44. The highest BCUT2D eigenvalue weighted by molar-refractivity contribution is 14.0. The number of hydrogen-bond acceptors (Lipinski definition) is 4. The number of anilines is 1. The molecule has 32 heavy (non-hydrogen) atoms. The first-order valence-electron chi connectivity index (χ1n) is 12.0. The van der Waals surface area contributed by atoms with E-state index < -0.39 is 0 Å². The van der Waals surface area contributed by atoms with Gasteiger partial charge >= 0.3 is 0 Å². The quantitative estimate of drug-likeness (QED) is 0.221. The fourth-order valence-electron chi connectivity index (χ4n) is 4.59. The van der Waals surface area contributed by atoms with E-state index in [-0.39, 0.29) is 29.8 Å². The van der Waals surface area contributed by atoms with Gasteiger partial charge < -0.3 is 20.4 Å². The van der Waals surface area contributed by atoms with Crippen LogP contribution in [0.1, 0.15) is 33.1 Å². The van der Waals surface area contributed by atoms with Gasteiger partial charge in [0.25, 0.3) is 0 Å². The first-order valence-corrected chi connectivity index (χ1v) is 12.0. The fourth-order valence-corrected chi connectivity index (χ4v) is 4.59. The van der Waals surface area contributed by atoms with E-state index in [4.69, 9.17) is 0 Å². The van der Waals surface area contributed by atoms with Crippen LogP contribution in [-0.4, -0.2) is 87.8 Å². The molecule has 1 aromatic rings. The minimum absolute atomic E-state index is 0. The molecule has 0 atom stereocenters. The Balaban J connectivity index is 0.00000363. The largest absolute Gasteiger partial charge is 0.367 e. The van der Waals surface area contributed by atoms with Gasteiger partial charge in [-0.1, -0.05) is 26.0 Å². The van der Waals surface area contributed by atoms with Crippen LogP contribution in [0.4, 0.5) is 10.1 Å². The number of halogens is 2. The Morgan fingerprint density at radius 2 is 1.75 bits per heavy atom. The van der Waals surface area contributed by atoms with E-state index in [1.54, 1.807) is 12.1 Å². The zero-order valence-corrected chi connectivity index (χ0v) is 22.4. The Morgan fingerprint density at radius 3 is 2.38 bits per heavy atom. The van der Waals surface area contributed by atoms with Crippen LogP contribution >= 0.6 is 24.0 Å². The molecule has 0 radical (unpaired) electrons. The Labute approximate surface area is 211 Å². The van der Waals surface area contributed by atoms with Gasteiger partial charge in [-0.25, -0.2) is 4.39 Å². The molecule has 0 aliphatic carbocycles. The highest BCUT2D eigenvalue weighted by Gasteiger charge is 2.21. The summed E-state index contributed by atoms with van der Waals surface area (Å²) in [5, 5.41) is 7.08. The van der Waals surface area contributed by atoms with E-state index in [9.17, 15) is 4.39 Å². The van der Waals surface area contributed by atoms with Crippen molar-refractivity contribution >= 4 is 35.6 Å². The summed E-state index contributed by atoms with van der Waals surface area (Å²) in [7, 11) is 1.85. The van der Waals surface area contributed by atoms with E-state index in [0.29, 0.717) is 6.04 Å². The molecule has 0 aromatic heterocycles. The first-order chi connectivity index (χ1) is 15.0. The van der Waals surface area contributed by atoms with Crippen molar-refractivity contribution in [1.82, 2.24) is 20.4 Å². The van der Waals surface area contributed by atoms with Crippen LogP contribution in [0.15, 0.2) is 29.3 Å². The molecule has 182 valence electrons. The summed E-state index contributed by atoms with van der Waals surface area (Å²) >= 11 is 0. The van der Waals surface area contributed by atoms with Crippen molar-refractivity contribution in [3.05, 3.63) is 30.1 Å². The summed E-state index contributed by atoms with van der Waals surface area (Å²) in [6.45, 7) is 13.8. The number of rotatable bonds is 8. The van der Waals surface area contributed by atoms with Crippen LogP contribution in [0, 0.1) is 11.7 Å². The van der Waals surface area contributed by atoms with Crippen LogP contribution in [0.2, 0.25) is 0 Å². The van der Waals surface area contributed by atoms with Crippen molar-refractivity contribution in [3.63, 3.8) is 0 Å². The maximum absolute atomic E-state index is 14.0. The molecule has 8 heteroatoms. The number of guanidine groups is 1. The van der Waals surface area contributed by atoms with E-state index in [1.165, 1.54) is 32.5 Å². The molecular weight excluding hydrogens is 518 g/mol. The summed E-state index contributed by atoms with van der Waals surface area (Å²) in [4.78, 5) is 11.6. The molecule has 2 aliphatic heterocycles. The third-order valence-electron chi connectivity index (χ3n) is 6.28. The van der Waals surface area contributed by atoms with Gasteiger partial charge in [0, 0.05) is 65.4 Å². The Bertz CT molecular complexity index is 685. The van der Waals surface area contributed by atoms with Gasteiger partial charge in [0.1, 0.15) is 5.82 Å². The molecule has 1 aromatic carbocycles. The van der Waals surface area contributed by atoms with Gasteiger partial charge in [0.15, 0.2) is 5.96 Å². The van der Waals surface area contributed by atoms with Crippen molar-refractivity contribution in [3.8, 4) is 0 Å². The van der Waals surface area contributed by atoms with Gasteiger partial charge in [-0.3, -0.25) is 9.89 Å². The molecule has 3 rings (SSSR count). The number of hydrogen-bond donors (Lipinski definition) is 2. The molecule has 6 nitrogen and oxygen atoms in total. The van der Waals surface area contributed by atoms with Gasteiger partial charge in [-0.05, 0) is 43.9 Å². The molecule has 2 aliphatic rings. The maximum Gasteiger partial charge on any atom is 0.191 e. The van der Waals surface area contributed by atoms with Crippen molar-refractivity contribution in [2.75, 3.05) is 70.9 Å². The third-order valence-corrected chi connectivity index (χ3v) is 6.28. The molecule has 2 N–H and O–H groups in total. The Hall–Kier alpha value is -1.13. The Kier molecular flexibility index (Phi) is 12.0. The van der Waals surface area contributed by atoms with Crippen LogP contribution in [-0.2, 0) is 0 Å². The van der Waals surface area contributed by atoms with Crippen LogP contribution < -0.4 is 15.5 Å². The maximum atomic E-state index is 14.0. The predicted octanol–water partition coefficient (Wildman–Crippen LogP) is 3.24. The first kappa shape index (κ1) is 27.1. The number of piperidine rings is 1. The molecular formula is C24H42FIN6. The molecule has 0 saturated carbocycles. The number of para-hydroxylation sites is 1. The molecule has 2 fully saturated rings. The monoisotopic (exact) mass is 560 g/mol. The van der Waals surface area contributed by atoms with E-state index in [2.05, 4.69) is 44.2 Å². The van der Waals surface area contributed by atoms with Gasteiger partial charge in [-0.15, -0.1) is 24.0 Å². The van der Waals surface area contributed by atoms with Crippen molar-refractivity contribution in [2.24, 2.45) is 10.9 Å². The lowest BCUT2D eigenvalue weighted by Gasteiger charge is -2.36. The number of aliphatic imine (C=N–C) groups is 1. The molecule has 0 bridgehead atoms. The second-order valence-electron chi connectivity index (χ2n) is 9.25. The standard InChI is InChI=1S/C24H41FN6.HI/c1-20(2)19-30-13-9-21(10-14-30)28-24(26-3)27-11-6-12-29-15-17-31(18-16-29)23-8-5-4-7-22(23)25;/h4-5,7-8,20-21H,6,9-19H2,1-3H3,(H2,26,27,28);1H. The van der Waals surface area contributed by atoms with Crippen LogP contribution in [0.3, 0.4) is 0 Å². The molecule has 0 spiro atoms. The van der Waals surface area contributed by atoms with Crippen LogP contribution in [0.5, 0.6) is 0 Å². The van der Waals surface area contributed by atoms with Gasteiger partial charge in [0.05, 0.1) is 5.69 Å². The van der Waals surface area contributed by atoms with E-state index in [0.717, 1.165) is 63.3 Å². The second kappa shape index (κ2) is 14.2. The molecule has 0 unspecified atom stereocenters. The Morgan fingerprint density at radius 1 is 1.06 bits per heavy atom. The van der Waals surface area contributed by atoms with E-state index in [1.807, 2.05) is 19.2 Å². The normalized spacial score (nSPS) is 19.2. The molecule has 2 saturated heterocycles. The summed E-state index contributed by atoms with van der Waals surface area (Å²) in [5.41, 5.74) is 0.730. The number of nitrogens with zero attached hydrogens (tertiary/aromatic N) is 4. The molecule has 0 amide bonds. The summed E-state index contributed by atoms with van der Waals surface area (Å²) in [5.74, 6) is 1.54. The van der Waals surface area contributed by atoms with Crippen molar-refractivity contribution in [1.29, 1.82) is 0 Å². The second-order valence-corrected chi connectivity index (χ2v) is 9.25. The smallest absolute Gasteiger partial charge is 0.191 e. The predicted molar refractivity (Wildman–Crippen MR) is 144 cm³/mol. The lowest BCUT2D eigenvalue weighted by Crippen LogP contribution is -2.50. The van der Waals surface area contributed by atoms with Crippen LogP contribution in [0.25, 0.3) is 0 Å². The SMILES string of the molecule is CN=C(NCCCN1CCN(c2ccccc2F)CC1)NC1CCN(CC(C)C)CC1.I. The minimum atomic E-state index is -0.121.